The maximum absolute atomic E-state index is 13.2. The number of ether oxygens (including phenoxy) is 2. The van der Waals surface area contributed by atoms with E-state index < -0.39 is 30.5 Å². The second-order valence-corrected chi connectivity index (χ2v) is 10.3. The topological polar surface area (TPSA) is 162 Å². The van der Waals surface area contributed by atoms with Crippen LogP contribution in [0.2, 0.25) is 0 Å². The molecule has 0 saturated carbocycles. The van der Waals surface area contributed by atoms with Crippen molar-refractivity contribution in [2.45, 2.75) is 44.6 Å². The zero-order valence-corrected chi connectivity index (χ0v) is 24.3. The number of aldehydes is 1. The summed E-state index contributed by atoms with van der Waals surface area (Å²) in [6.45, 7) is -0.684. The number of carboxylic acid groups (broad SMARTS) is 1. The quantitative estimate of drug-likeness (QED) is 0.149. The second kappa shape index (κ2) is 14.3. The molecule has 2 amide bonds. The number of halogens is 3. The Bertz CT molecular complexity index is 1670. The second-order valence-electron chi connectivity index (χ2n) is 10.3. The van der Waals surface area contributed by atoms with Gasteiger partial charge in [0, 0.05) is 23.9 Å². The SMILES string of the molecule is O=Cc1ccc(-n2cc(NC(=O)c3coc(-c4ccnc(N(CC(F)(F)F)C(=O)O)c4)n3)c(CCCOC3CCCCO3)n2)cc1. The summed E-state index contributed by atoms with van der Waals surface area (Å²) in [5.41, 5.74) is 2.04. The highest BCUT2D eigenvalue weighted by Crippen LogP contribution is 2.27. The van der Waals surface area contributed by atoms with Crippen LogP contribution in [0.5, 0.6) is 0 Å². The van der Waals surface area contributed by atoms with Gasteiger partial charge in [-0.2, -0.15) is 18.3 Å². The van der Waals surface area contributed by atoms with Gasteiger partial charge < -0.3 is 24.3 Å². The van der Waals surface area contributed by atoms with Crippen LogP contribution in [0.25, 0.3) is 17.1 Å². The number of aryl methyl sites for hydroxylation is 1. The highest BCUT2D eigenvalue weighted by atomic mass is 19.4. The van der Waals surface area contributed by atoms with Gasteiger partial charge in [0.25, 0.3) is 5.91 Å². The van der Waals surface area contributed by atoms with Crippen molar-refractivity contribution in [2.75, 3.05) is 30.0 Å². The maximum atomic E-state index is 13.2. The fourth-order valence-corrected chi connectivity index (χ4v) is 4.66. The molecule has 5 rings (SSSR count). The van der Waals surface area contributed by atoms with Crippen LogP contribution in [-0.4, -0.2) is 75.4 Å². The molecule has 1 aliphatic heterocycles. The number of benzene rings is 1. The molecule has 16 heteroatoms. The molecule has 13 nitrogen and oxygen atoms in total. The number of nitrogens with one attached hydrogen (secondary N) is 1. The van der Waals surface area contributed by atoms with Gasteiger partial charge in [-0.1, -0.05) is 0 Å². The van der Waals surface area contributed by atoms with Crippen LogP contribution >= 0.6 is 0 Å². The Hall–Kier alpha value is -5.09. The molecule has 1 fully saturated rings. The van der Waals surface area contributed by atoms with Crippen LogP contribution in [0.15, 0.2) is 59.5 Å². The number of carbonyl (C=O) groups excluding carboxylic acids is 2. The minimum Gasteiger partial charge on any atom is -0.465 e. The van der Waals surface area contributed by atoms with Gasteiger partial charge in [0.1, 0.15) is 24.9 Å². The first-order valence-corrected chi connectivity index (χ1v) is 14.3. The molecule has 2 N–H and O–H groups in total. The summed E-state index contributed by atoms with van der Waals surface area (Å²) in [5.74, 6) is -1.29. The lowest BCUT2D eigenvalue weighted by atomic mass is 10.2. The van der Waals surface area contributed by atoms with E-state index in [1.165, 1.54) is 6.07 Å². The molecule has 1 unspecified atom stereocenters. The summed E-state index contributed by atoms with van der Waals surface area (Å²) in [7, 11) is 0. The lowest BCUT2D eigenvalue weighted by molar-refractivity contribution is -0.162. The van der Waals surface area contributed by atoms with E-state index in [0.29, 0.717) is 48.7 Å². The van der Waals surface area contributed by atoms with E-state index in [0.717, 1.165) is 44.1 Å². The number of aromatic nitrogens is 4. The van der Waals surface area contributed by atoms with Crippen molar-refractivity contribution in [2.24, 2.45) is 0 Å². The molecule has 4 aromatic rings. The number of rotatable bonds is 12. The third-order valence-electron chi connectivity index (χ3n) is 6.91. The summed E-state index contributed by atoms with van der Waals surface area (Å²) in [6.07, 6.45) is 1.54. The fraction of sp³-hybridized carbons (Fsp3) is 0.333. The van der Waals surface area contributed by atoms with Crippen molar-refractivity contribution in [1.29, 1.82) is 0 Å². The number of oxazole rings is 1. The van der Waals surface area contributed by atoms with E-state index in [4.69, 9.17) is 13.9 Å². The van der Waals surface area contributed by atoms with Gasteiger partial charge in [-0.3, -0.25) is 14.5 Å². The van der Waals surface area contributed by atoms with Gasteiger partial charge >= 0.3 is 12.3 Å². The predicted molar refractivity (Wildman–Crippen MR) is 156 cm³/mol. The molecule has 4 heterocycles. The highest BCUT2D eigenvalue weighted by Gasteiger charge is 2.34. The minimum atomic E-state index is -4.80. The molecule has 1 aliphatic rings. The molecule has 0 spiro atoms. The Balaban J connectivity index is 1.32. The van der Waals surface area contributed by atoms with Crippen molar-refractivity contribution < 1.29 is 46.6 Å². The summed E-state index contributed by atoms with van der Waals surface area (Å²) < 4.78 is 57.2. The summed E-state index contributed by atoms with van der Waals surface area (Å²) in [6, 6.07) is 9.11. The molecule has 0 radical (unpaired) electrons. The first-order valence-electron chi connectivity index (χ1n) is 14.3. The Morgan fingerprint density at radius 1 is 1.20 bits per heavy atom. The van der Waals surface area contributed by atoms with Gasteiger partial charge in [-0.15, -0.1) is 0 Å². The largest absolute Gasteiger partial charge is 0.465 e. The Kier molecular flexibility index (Phi) is 10.1. The average Bonchev–Trinajstić information content (AvgIpc) is 3.70. The normalized spacial score (nSPS) is 15.0. The molecule has 1 atom stereocenters. The van der Waals surface area contributed by atoms with Crippen molar-refractivity contribution in [3.8, 4) is 17.1 Å². The van der Waals surface area contributed by atoms with Gasteiger partial charge in [-0.25, -0.2) is 19.4 Å². The molecule has 1 aromatic carbocycles. The Morgan fingerprint density at radius 3 is 2.70 bits per heavy atom. The van der Waals surface area contributed by atoms with Crippen molar-refractivity contribution >= 4 is 29.8 Å². The monoisotopic (exact) mass is 642 g/mol. The lowest BCUT2D eigenvalue weighted by Gasteiger charge is -2.22. The third kappa shape index (κ3) is 8.33. The number of amides is 2. The molecular weight excluding hydrogens is 613 g/mol. The van der Waals surface area contributed by atoms with E-state index in [1.54, 1.807) is 35.1 Å². The molecule has 46 heavy (non-hydrogen) atoms. The maximum Gasteiger partial charge on any atom is 0.413 e. The fourth-order valence-electron chi connectivity index (χ4n) is 4.66. The van der Waals surface area contributed by atoms with Crippen LogP contribution in [0.1, 0.15) is 52.2 Å². The number of anilines is 2. The Labute approximate surface area is 259 Å². The number of alkyl halides is 3. The summed E-state index contributed by atoms with van der Waals surface area (Å²) in [4.78, 5) is 43.7. The van der Waals surface area contributed by atoms with Gasteiger partial charge in [0.05, 0.1) is 29.9 Å². The van der Waals surface area contributed by atoms with E-state index >= 15 is 0 Å². The van der Waals surface area contributed by atoms with E-state index in [9.17, 15) is 32.7 Å². The zero-order valence-electron chi connectivity index (χ0n) is 24.3. The van der Waals surface area contributed by atoms with E-state index in [1.807, 2.05) is 0 Å². The molecule has 3 aromatic heterocycles. The predicted octanol–water partition coefficient (Wildman–Crippen LogP) is 5.51. The molecule has 1 saturated heterocycles. The standard InChI is InChI=1S/C30H29F3N6O7/c31-30(32,33)18-38(29(42)43)25-14-20(10-11-34-25)28-36-24(17-46-28)27(41)35-23-15-39(21-8-6-19(16-40)7-9-21)37-22(23)4-3-13-45-26-5-1-2-12-44-26/h6-11,14-17,26H,1-5,12-13,18H2,(H,35,41)(H,42,43). The number of carbonyl (C=O) groups is 3. The first-order chi connectivity index (χ1) is 22.1. The van der Waals surface area contributed by atoms with Crippen LogP contribution in [0.3, 0.4) is 0 Å². The van der Waals surface area contributed by atoms with Gasteiger partial charge in [0.2, 0.25) is 5.89 Å². The molecule has 0 bridgehead atoms. The van der Waals surface area contributed by atoms with E-state index in [-0.39, 0.29) is 28.3 Å². The first kappa shape index (κ1) is 32.3. The third-order valence-corrected chi connectivity index (χ3v) is 6.91. The van der Waals surface area contributed by atoms with Gasteiger partial charge in [0.15, 0.2) is 12.0 Å². The minimum absolute atomic E-state index is 0.0406. The molecule has 0 aliphatic carbocycles. The van der Waals surface area contributed by atoms with Crippen LogP contribution < -0.4 is 10.2 Å². The number of hydrogen-bond acceptors (Lipinski definition) is 9. The smallest absolute Gasteiger partial charge is 0.413 e. The highest BCUT2D eigenvalue weighted by molar-refractivity contribution is 6.03. The van der Waals surface area contributed by atoms with Crippen LogP contribution in [0.4, 0.5) is 29.5 Å². The molecule has 242 valence electrons. The number of pyridine rings is 1. The Morgan fingerprint density at radius 2 is 2.00 bits per heavy atom. The molecular formula is C30H29F3N6O7. The van der Waals surface area contributed by atoms with Crippen molar-refractivity contribution in [3.05, 3.63) is 72.0 Å². The van der Waals surface area contributed by atoms with Crippen molar-refractivity contribution in [1.82, 2.24) is 19.7 Å². The van der Waals surface area contributed by atoms with Crippen LogP contribution in [-0.2, 0) is 15.9 Å². The summed E-state index contributed by atoms with van der Waals surface area (Å²) >= 11 is 0. The average molecular weight is 643 g/mol. The van der Waals surface area contributed by atoms with Crippen LogP contribution in [0, 0.1) is 0 Å². The van der Waals surface area contributed by atoms with Gasteiger partial charge in [-0.05, 0) is 68.5 Å². The van der Waals surface area contributed by atoms with E-state index in [2.05, 4.69) is 20.4 Å². The summed E-state index contributed by atoms with van der Waals surface area (Å²) in [5, 5.41) is 16.7. The lowest BCUT2D eigenvalue weighted by Crippen LogP contribution is -2.38. The number of hydrogen-bond donors (Lipinski definition) is 2. The van der Waals surface area contributed by atoms with Crippen molar-refractivity contribution in [3.63, 3.8) is 0 Å². The number of nitrogens with zero attached hydrogens (tertiary/aromatic N) is 5. The zero-order chi connectivity index (χ0) is 32.7.